The van der Waals surface area contributed by atoms with Gasteiger partial charge in [-0.25, -0.2) is 10.1 Å². The van der Waals surface area contributed by atoms with Crippen molar-refractivity contribution < 1.29 is 14.3 Å². The number of fused-ring (bicyclic) bond motifs is 3. The van der Waals surface area contributed by atoms with Crippen LogP contribution in [0.25, 0.3) is 34.2 Å². The van der Waals surface area contributed by atoms with Gasteiger partial charge in [0.2, 0.25) is 0 Å². The summed E-state index contributed by atoms with van der Waals surface area (Å²) in [7, 11) is 7.71. The summed E-state index contributed by atoms with van der Waals surface area (Å²) in [5.74, 6) is -0.760. The van der Waals surface area contributed by atoms with E-state index in [1.165, 1.54) is 18.7 Å². The molecule has 0 atom stereocenters. The third kappa shape index (κ3) is 5.19. The lowest BCUT2D eigenvalue weighted by Gasteiger charge is -2.18. The number of carbonyl (C=O) groups is 2. The molecular formula is C28H30N3O3. The predicted molar refractivity (Wildman–Crippen MR) is 136 cm³/mol. The molecule has 1 radical (unpaired) electrons. The molecule has 3 aromatic rings. The minimum Gasteiger partial charge on any atom is -0.465 e. The second kappa shape index (κ2) is 10.2. The van der Waals surface area contributed by atoms with E-state index in [1.807, 2.05) is 12.1 Å². The maximum Gasteiger partial charge on any atom is 0.338 e. The molecule has 0 aliphatic carbocycles. The monoisotopic (exact) mass is 456 g/mol. The van der Waals surface area contributed by atoms with Gasteiger partial charge in [-0.1, -0.05) is 36.4 Å². The van der Waals surface area contributed by atoms with Gasteiger partial charge in [0.25, 0.3) is 5.91 Å². The normalized spacial score (nSPS) is 12.8. The molecule has 1 heterocycles. The number of hydrogen-bond acceptors (Lipinski definition) is 5. The van der Waals surface area contributed by atoms with Crippen molar-refractivity contribution in [2.75, 3.05) is 41.3 Å². The fourth-order valence-electron chi connectivity index (χ4n) is 4.34. The quantitative estimate of drug-likeness (QED) is 0.487. The third-order valence-electron chi connectivity index (χ3n) is 6.10. The van der Waals surface area contributed by atoms with Gasteiger partial charge in [0.05, 0.1) is 12.7 Å². The highest BCUT2D eigenvalue weighted by Crippen LogP contribution is 2.25. The lowest BCUT2D eigenvalue weighted by Crippen LogP contribution is -2.34. The molecule has 1 amide bonds. The van der Waals surface area contributed by atoms with Gasteiger partial charge < -0.3 is 14.5 Å². The third-order valence-corrected chi connectivity index (χ3v) is 6.10. The molecular weight excluding hydrogens is 426 g/mol. The summed E-state index contributed by atoms with van der Waals surface area (Å²) < 4.78 is 4.98. The molecule has 0 saturated carbocycles. The van der Waals surface area contributed by atoms with Crippen LogP contribution in [0.5, 0.6) is 0 Å². The number of nitrogens with zero attached hydrogens (tertiary/aromatic N) is 3. The molecule has 0 saturated heterocycles. The Morgan fingerprint density at radius 3 is 2.38 bits per heavy atom. The molecule has 34 heavy (non-hydrogen) atoms. The van der Waals surface area contributed by atoms with Crippen molar-refractivity contribution in [3.8, 4) is 11.1 Å². The van der Waals surface area contributed by atoms with E-state index in [-0.39, 0.29) is 5.91 Å². The topological polar surface area (TPSA) is 64.0 Å². The van der Waals surface area contributed by atoms with Gasteiger partial charge >= 0.3 is 5.97 Å². The summed E-state index contributed by atoms with van der Waals surface area (Å²) in [6, 6.07) is 16.3. The summed E-state index contributed by atoms with van der Waals surface area (Å²) in [6.07, 6.45) is 4.18. The number of benzene rings is 3. The zero-order valence-corrected chi connectivity index (χ0v) is 20.2. The number of rotatable bonds is 8. The summed E-state index contributed by atoms with van der Waals surface area (Å²) in [5.41, 5.74) is 3.83. The Labute approximate surface area is 200 Å². The molecule has 6 nitrogen and oxygen atoms in total. The molecule has 0 bridgehead atoms. The van der Waals surface area contributed by atoms with E-state index in [2.05, 4.69) is 66.6 Å². The van der Waals surface area contributed by atoms with Crippen LogP contribution in [-0.2, 0) is 16.1 Å². The Morgan fingerprint density at radius 1 is 0.941 bits per heavy atom. The van der Waals surface area contributed by atoms with Gasteiger partial charge in [-0.2, -0.15) is 0 Å². The minimum atomic E-state index is -0.428. The molecule has 0 unspecified atom stereocenters. The highest BCUT2D eigenvalue weighted by molar-refractivity contribution is 6.10. The number of ether oxygens (including phenoxy) is 1. The molecule has 175 valence electrons. The van der Waals surface area contributed by atoms with Crippen molar-refractivity contribution in [1.29, 1.82) is 0 Å². The zero-order chi connectivity index (χ0) is 24.2. The highest BCUT2D eigenvalue weighted by Gasteiger charge is 2.15. The second-order valence-electron chi connectivity index (χ2n) is 9.01. The maximum atomic E-state index is 12.4. The van der Waals surface area contributed by atoms with Crippen LogP contribution in [-0.4, -0.2) is 63.0 Å². The number of esters is 1. The lowest BCUT2D eigenvalue weighted by molar-refractivity contribution is -0.114. The van der Waals surface area contributed by atoms with Gasteiger partial charge in [-0.3, -0.25) is 4.79 Å². The van der Waals surface area contributed by atoms with Gasteiger partial charge in [0.15, 0.2) is 0 Å². The van der Waals surface area contributed by atoms with E-state index < -0.39 is 5.97 Å². The Kier molecular flexibility index (Phi) is 7.10. The molecule has 6 heteroatoms. The second-order valence-corrected chi connectivity index (χ2v) is 9.01. The zero-order valence-electron chi connectivity index (χ0n) is 20.2. The number of carbonyl (C=O) groups excluding carboxylic acids is 2. The van der Waals surface area contributed by atoms with Crippen LogP contribution in [0.3, 0.4) is 0 Å². The summed E-state index contributed by atoms with van der Waals surface area (Å²) in [5, 5.41) is 7.10. The van der Waals surface area contributed by atoms with Crippen molar-refractivity contribution >= 4 is 34.9 Å². The molecule has 0 N–H and O–H groups in total. The molecule has 4 rings (SSSR count). The average Bonchev–Trinajstić information content (AvgIpc) is 2.82. The summed E-state index contributed by atoms with van der Waals surface area (Å²) in [4.78, 5) is 28.8. The van der Waals surface area contributed by atoms with Crippen molar-refractivity contribution in [3.05, 3.63) is 70.1 Å². The number of hydrogen-bond donors (Lipinski definition) is 0. The number of methoxy groups -OCH3 is 1. The smallest absolute Gasteiger partial charge is 0.338 e. The fourth-order valence-corrected chi connectivity index (χ4v) is 4.34. The first kappa shape index (κ1) is 23.7. The van der Waals surface area contributed by atoms with Crippen molar-refractivity contribution in [3.63, 3.8) is 0 Å². The Bertz CT molecular complexity index is 1340. The first-order chi connectivity index (χ1) is 16.4. The predicted octanol–water partition coefficient (Wildman–Crippen LogP) is 2.34. The van der Waals surface area contributed by atoms with E-state index in [4.69, 9.17) is 4.74 Å². The van der Waals surface area contributed by atoms with Crippen LogP contribution in [0.4, 0.5) is 0 Å². The molecule has 0 spiro atoms. The standard InChI is InChI=1S/C28H30N3O3/c1-30(2)12-5-13-31(3)18-19-6-8-20(9-7-19)21-10-11-23-24(14-21)26-17-29-27(32)16-22(26)15-25(23)28(33)34-4/h6-11,14-17H,5,12-13,18H2,1-4H3. The van der Waals surface area contributed by atoms with E-state index in [1.54, 1.807) is 12.3 Å². The first-order valence-electron chi connectivity index (χ1n) is 11.4. The van der Waals surface area contributed by atoms with E-state index in [9.17, 15) is 9.59 Å². The van der Waals surface area contributed by atoms with Gasteiger partial charge in [-0.15, -0.1) is 0 Å². The first-order valence-corrected chi connectivity index (χ1v) is 11.4. The molecule has 0 fully saturated rings. The highest BCUT2D eigenvalue weighted by atomic mass is 16.5. The largest absolute Gasteiger partial charge is 0.465 e. The van der Waals surface area contributed by atoms with Gasteiger partial charge in [-0.05, 0) is 85.5 Å². The van der Waals surface area contributed by atoms with Crippen LogP contribution < -0.4 is 15.8 Å². The molecule has 1 aliphatic rings. The van der Waals surface area contributed by atoms with Crippen molar-refractivity contribution in [2.24, 2.45) is 0 Å². The van der Waals surface area contributed by atoms with Crippen LogP contribution in [0.15, 0.2) is 48.5 Å². The average molecular weight is 457 g/mol. The van der Waals surface area contributed by atoms with Crippen molar-refractivity contribution in [1.82, 2.24) is 15.1 Å². The van der Waals surface area contributed by atoms with E-state index in [0.29, 0.717) is 10.8 Å². The van der Waals surface area contributed by atoms with E-state index in [0.717, 1.165) is 53.2 Å². The Hall–Kier alpha value is -3.48. The number of amides is 1. The van der Waals surface area contributed by atoms with Gasteiger partial charge in [0.1, 0.15) is 0 Å². The van der Waals surface area contributed by atoms with Crippen molar-refractivity contribution in [2.45, 2.75) is 13.0 Å². The van der Waals surface area contributed by atoms with Crippen LogP contribution in [0.1, 0.15) is 22.3 Å². The van der Waals surface area contributed by atoms with Crippen LogP contribution in [0, 0.1) is 0 Å². The van der Waals surface area contributed by atoms with Crippen LogP contribution in [0.2, 0.25) is 0 Å². The van der Waals surface area contributed by atoms with Crippen LogP contribution >= 0.6 is 0 Å². The Balaban J connectivity index is 1.65. The maximum absolute atomic E-state index is 12.4. The SMILES string of the molecule is COC(=O)c1cc2c(c3cc(-c4ccc(CN(C)CCCN(C)C)cc4)ccc13)=C[N]C(=O)C=2. The van der Waals surface area contributed by atoms with Gasteiger partial charge in [0, 0.05) is 24.0 Å². The summed E-state index contributed by atoms with van der Waals surface area (Å²) >= 11 is 0. The molecule has 3 aromatic carbocycles. The Morgan fingerprint density at radius 2 is 1.68 bits per heavy atom. The molecule has 1 aliphatic heterocycles. The minimum absolute atomic E-state index is 0.332. The lowest BCUT2D eigenvalue weighted by atomic mass is 9.95. The van der Waals surface area contributed by atoms with E-state index >= 15 is 0 Å². The summed E-state index contributed by atoms with van der Waals surface area (Å²) in [6.45, 7) is 3.05. The molecule has 0 aromatic heterocycles. The fraction of sp³-hybridized carbons (Fsp3) is 0.286.